The number of amides is 2. The monoisotopic (exact) mass is 562 g/mol. The molecular weight excluding hydrogens is 537 g/mol. The molecule has 8 nitrogen and oxygen atoms in total. The second-order valence-corrected chi connectivity index (χ2v) is 9.28. The van der Waals surface area contributed by atoms with Gasteiger partial charge in [0, 0.05) is 28.3 Å². The molecule has 0 heterocycles. The molecule has 3 rings (SSSR count). The minimum absolute atomic E-state index is 0.0172. The Morgan fingerprint density at radius 3 is 2.05 bits per heavy atom. The Kier molecular flexibility index (Phi) is 10.2. The molecule has 0 aliphatic heterocycles. The molecule has 206 valence electrons. The highest BCUT2D eigenvalue weighted by molar-refractivity contribution is 8.00. The van der Waals surface area contributed by atoms with Gasteiger partial charge >= 0.3 is 18.2 Å². The van der Waals surface area contributed by atoms with Gasteiger partial charge in [-0.15, -0.1) is 11.8 Å². The number of hydrogen-bond donors (Lipinski definition) is 3. The average molecular weight is 563 g/mol. The lowest BCUT2D eigenvalue weighted by molar-refractivity contribution is -0.138. The van der Waals surface area contributed by atoms with Gasteiger partial charge in [0.25, 0.3) is 5.91 Å². The Morgan fingerprint density at radius 1 is 0.897 bits per heavy atom. The topological polar surface area (TPSA) is 114 Å². The molecule has 0 fully saturated rings. The summed E-state index contributed by atoms with van der Waals surface area (Å²) in [4.78, 5) is 36.7. The Balaban J connectivity index is 1.47. The molecule has 1 atom stereocenters. The SMILES string of the molecule is CCOc1ccc(C(=O)Nc2ccc(SC(CCOC(=O)Nc3ccc(C(F)(F)F)cc3)C(=O)O)cc2)cc1. The highest BCUT2D eigenvalue weighted by atomic mass is 32.2. The molecule has 12 heteroatoms. The van der Waals surface area contributed by atoms with Crippen LogP contribution in [0.2, 0.25) is 0 Å². The molecule has 0 saturated carbocycles. The smallest absolute Gasteiger partial charge is 0.416 e. The zero-order valence-corrected chi connectivity index (χ0v) is 21.5. The normalized spacial score (nSPS) is 11.8. The Bertz CT molecular complexity index is 1270. The Labute approximate surface area is 226 Å². The van der Waals surface area contributed by atoms with E-state index in [9.17, 15) is 32.7 Å². The van der Waals surface area contributed by atoms with E-state index < -0.39 is 29.1 Å². The summed E-state index contributed by atoms with van der Waals surface area (Å²) in [6.07, 6.45) is -5.43. The van der Waals surface area contributed by atoms with Crippen LogP contribution in [0.5, 0.6) is 5.75 Å². The lowest BCUT2D eigenvalue weighted by atomic mass is 10.2. The number of rotatable bonds is 11. The molecule has 1 unspecified atom stereocenters. The molecule has 0 bridgehead atoms. The fraction of sp³-hybridized carbons (Fsp3) is 0.222. The number of benzene rings is 3. The van der Waals surface area contributed by atoms with Gasteiger partial charge in [0.05, 0.1) is 18.8 Å². The van der Waals surface area contributed by atoms with Crippen LogP contribution >= 0.6 is 11.8 Å². The number of anilines is 2. The van der Waals surface area contributed by atoms with Crippen molar-refractivity contribution in [3.8, 4) is 5.75 Å². The first kappa shape index (κ1) is 29.4. The minimum atomic E-state index is -4.49. The molecule has 0 spiro atoms. The minimum Gasteiger partial charge on any atom is -0.494 e. The molecule has 0 radical (unpaired) electrons. The molecule has 2 amide bonds. The average Bonchev–Trinajstić information content (AvgIpc) is 2.89. The van der Waals surface area contributed by atoms with Crippen LogP contribution in [0.15, 0.2) is 77.7 Å². The van der Waals surface area contributed by atoms with Crippen LogP contribution in [-0.4, -0.2) is 41.5 Å². The van der Waals surface area contributed by atoms with Crippen molar-refractivity contribution in [1.29, 1.82) is 0 Å². The first-order valence-corrected chi connectivity index (χ1v) is 12.6. The number of carboxylic acids is 1. The zero-order valence-electron chi connectivity index (χ0n) is 20.7. The van der Waals surface area contributed by atoms with Crippen molar-refractivity contribution in [2.45, 2.75) is 29.7 Å². The van der Waals surface area contributed by atoms with Crippen LogP contribution in [0.25, 0.3) is 0 Å². The van der Waals surface area contributed by atoms with Gasteiger partial charge in [-0.3, -0.25) is 14.9 Å². The van der Waals surface area contributed by atoms with Gasteiger partial charge in [-0.05, 0) is 79.7 Å². The van der Waals surface area contributed by atoms with Gasteiger partial charge in [-0.1, -0.05) is 0 Å². The summed E-state index contributed by atoms with van der Waals surface area (Å²) in [7, 11) is 0. The maximum Gasteiger partial charge on any atom is 0.416 e. The van der Waals surface area contributed by atoms with E-state index in [-0.39, 0.29) is 24.6 Å². The fourth-order valence-corrected chi connectivity index (χ4v) is 4.18. The predicted molar refractivity (Wildman–Crippen MR) is 140 cm³/mol. The third-order valence-electron chi connectivity index (χ3n) is 5.17. The van der Waals surface area contributed by atoms with Crippen LogP contribution in [-0.2, 0) is 15.7 Å². The summed E-state index contributed by atoms with van der Waals surface area (Å²) >= 11 is 1.04. The Hall–Kier alpha value is -4.19. The van der Waals surface area contributed by atoms with Crippen molar-refractivity contribution in [2.24, 2.45) is 0 Å². The number of nitrogens with one attached hydrogen (secondary N) is 2. The van der Waals surface area contributed by atoms with E-state index >= 15 is 0 Å². The van der Waals surface area contributed by atoms with E-state index in [0.29, 0.717) is 28.5 Å². The second-order valence-electron chi connectivity index (χ2n) is 8.01. The van der Waals surface area contributed by atoms with Crippen molar-refractivity contribution in [3.63, 3.8) is 0 Å². The van der Waals surface area contributed by atoms with Gasteiger partial charge in [0.1, 0.15) is 11.0 Å². The molecule has 0 aliphatic carbocycles. The standard InChI is InChI=1S/C27H25F3N2O6S/c1-2-37-21-11-3-17(4-12-21)24(33)31-19-9-13-22(14-10-19)39-23(25(34)35)15-16-38-26(36)32-20-7-5-18(6-8-20)27(28,29)30/h3-14,23H,2,15-16H2,1H3,(H,31,33)(H,32,36)(H,34,35). The second kappa shape index (κ2) is 13.6. The van der Waals surface area contributed by atoms with E-state index in [1.165, 1.54) is 0 Å². The third-order valence-corrected chi connectivity index (χ3v) is 6.43. The van der Waals surface area contributed by atoms with Gasteiger partial charge in [0.2, 0.25) is 0 Å². The van der Waals surface area contributed by atoms with Crippen molar-refractivity contribution < 1.29 is 42.1 Å². The number of aliphatic carboxylic acids is 1. The molecular formula is C27H25F3N2O6S. The summed E-state index contributed by atoms with van der Waals surface area (Å²) in [5.74, 6) is -0.762. The third kappa shape index (κ3) is 9.25. The fourth-order valence-electron chi connectivity index (χ4n) is 3.24. The van der Waals surface area contributed by atoms with Crippen molar-refractivity contribution in [3.05, 3.63) is 83.9 Å². The highest BCUT2D eigenvalue weighted by Crippen LogP contribution is 2.30. The van der Waals surface area contributed by atoms with Gasteiger partial charge < -0.3 is 19.9 Å². The van der Waals surface area contributed by atoms with Crippen molar-refractivity contribution in [1.82, 2.24) is 0 Å². The zero-order chi connectivity index (χ0) is 28.4. The van der Waals surface area contributed by atoms with Gasteiger partial charge in [-0.25, -0.2) is 4.79 Å². The van der Waals surface area contributed by atoms with Crippen LogP contribution in [0.3, 0.4) is 0 Å². The largest absolute Gasteiger partial charge is 0.494 e. The first-order chi connectivity index (χ1) is 18.5. The maximum atomic E-state index is 12.6. The quantitative estimate of drug-likeness (QED) is 0.227. The molecule has 3 N–H and O–H groups in total. The molecule has 0 saturated heterocycles. The van der Waals surface area contributed by atoms with Crippen LogP contribution in [0.1, 0.15) is 29.3 Å². The number of carbonyl (C=O) groups is 3. The molecule has 0 aliphatic rings. The number of hydrogen-bond acceptors (Lipinski definition) is 6. The number of carboxylic acid groups (broad SMARTS) is 1. The summed E-state index contributed by atoms with van der Waals surface area (Å²) < 4.78 is 48.2. The Morgan fingerprint density at radius 2 is 1.49 bits per heavy atom. The van der Waals surface area contributed by atoms with Gasteiger partial charge in [0.15, 0.2) is 0 Å². The van der Waals surface area contributed by atoms with Crippen molar-refractivity contribution in [2.75, 3.05) is 23.8 Å². The van der Waals surface area contributed by atoms with E-state index in [0.717, 1.165) is 36.0 Å². The molecule has 39 heavy (non-hydrogen) atoms. The summed E-state index contributed by atoms with van der Waals surface area (Å²) in [5, 5.41) is 13.7. The van der Waals surface area contributed by atoms with Crippen LogP contribution in [0.4, 0.5) is 29.3 Å². The predicted octanol–water partition coefficient (Wildman–Crippen LogP) is 6.54. The number of alkyl halides is 3. The van der Waals surface area contributed by atoms with Crippen LogP contribution < -0.4 is 15.4 Å². The number of thioether (sulfide) groups is 1. The number of halogens is 3. The first-order valence-electron chi connectivity index (χ1n) is 11.7. The lowest BCUT2D eigenvalue weighted by Gasteiger charge is -2.13. The van der Waals surface area contributed by atoms with E-state index in [2.05, 4.69) is 10.6 Å². The van der Waals surface area contributed by atoms with Crippen LogP contribution in [0, 0.1) is 0 Å². The van der Waals surface area contributed by atoms with E-state index in [1.54, 1.807) is 48.5 Å². The maximum absolute atomic E-state index is 12.6. The van der Waals surface area contributed by atoms with E-state index in [4.69, 9.17) is 9.47 Å². The number of ether oxygens (including phenoxy) is 2. The highest BCUT2D eigenvalue weighted by Gasteiger charge is 2.30. The summed E-state index contributed by atoms with van der Waals surface area (Å²) in [6, 6.07) is 17.1. The number of carbonyl (C=O) groups excluding carboxylic acids is 2. The molecule has 3 aromatic rings. The van der Waals surface area contributed by atoms with Crippen molar-refractivity contribution >= 4 is 41.1 Å². The summed E-state index contributed by atoms with van der Waals surface area (Å²) in [5.41, 5.74) is 0.219. The lowest BCUT2D eigenvalue weighted by Crippen LogP contribution is -2.21. The molecule has 3 aromatic carbocycles. The molecule has 0 aromatic heterocycles. The van der Waals surface area contributed by atoms with E-state index in [1.807, 2.05) is 6.92 Å². The summed E-state index contributed by atoms with van der Waals surface area (Å²) in [6.45, 7) is 2.16. The van der Waals surface area contributed by atoms with Gasteiger partial charge in [-0.2, -0.15) is 13.2 Å².